The number of amides is 1. The van der Waals surface area contributed by atoms with Gasteiger partial charge in [0.2, 0.25) is 5.91 Å². The molecule has 1 aromatic heterocycles. The Labute approximate surface area is 101 Å². The Morgan fingerprint density at radius 2 is 1.94 bits per heavy atom. The van der Waals surface area contributed by atoms with Crippen molar-refractivity contribution in [1.29, 1.82) is 0 Å². The van der Waals surface area contributed by atoms with E-state index >= 15 is 0 Å². The predicted octanol–water partition coefficient (Wildman–Crippen LogP) is 2.04. The molecule has 2 rings (SSSR count). The summed E-state index contributed by atoms with van der Waals surface area (Å²) in [5, 5.41) is 13.9. The van der Waals surface area contributed by atoms with E-state index in [4.69, 9.17) is 0 Å². The number of carbonyl (C=O) groups is 1. The summed E-state index contributed by atoms with van der Waals surface area (Å²) in [6, 6.07) is 3.91. The Balaban J connectivity index is 1.90. The van der Waals surface area contributed by atoms with Crippen LogP contribution < -0.4 is 10.6 Å². The van der Waals surface area contributed by atoms with Gasteiger partial charge in [-0.3, -0.25) is 4.79 Å². The molecule has 92 valence electrons. The zero-order valence-electron chi connectivity index (χ0n) is 10.2. The molecule has 1 aliphatic rings. The quantitative estimate of drug-likeness (QED) is 0.836. The van der Waals surface area contributed by atoms with Gasteiger partial charge in [0.05, 0.1) is 0 Å². The average molecular weight is 234 g/mol. The van der Waals surface area contributed by atoms with Crippen molar-refractivity contribution in [2.24, 2.45) is 5.92 Å². The summed E-state index contributed by atoms with van der Waals surface area (Å²) in [4.78, 5) is 11.7. The van der Waals surface area contributed by atoms with Crippen molar-refractivity contribution in [3.05, 3.63) is 12.1 Å². The van der Waals surface area contributed by atoms with Crippen molar-refractivity contribution in [2.75, 3.05) is 10.6 Å². The van der Waals surface area contributed by atoms with Crippen molar-refractivity contribution < 1.29 is 4.79 Å². The Kier molecular flexibility index (Phi) is 3.56. The fourth-order valence-electron chi connectivity index (χ4n) is 1.67. The molecule has 1 fully saturated rings. The molecule has 0 aromatic carbocycles. The van der Waals surface area contributed by atoms with Crippen LogP contribution in [0.1, 0.15) is 33.1 Å². The van der Waals surface area contributed by atoms with Gasteiger partial charge in [-0.05, 0) is 38.8 Å². The van der Waals surface area contributed by atoms with E-state index in [1.165, 1.54) is 0 Å². The van der Waals surface area contributed by atoms with Crippen molar-refractivity contribution in [3.8, 4) is 0 Å². The summed E-state index contributed by atoms with van der Waals surface area (Å²) < 4.78 is 0. The molecular formula is C12H18N4O. The van der Waals surface area contributed by atoms with Crippen LogP contribution in [0.5, 0.6) is 0 Å². The van der Waals surface area contributed by atoms with Crippen LogP contribution in [0.2, 0.25) is 0 Å². The van der Waals surface area contributed by atoms with Crippen molar-refractivity contribution >= 4 is 17.5 Å². The number of carbonyl (C=O) groups excluding carboxylic acids is 1. The summed E-state index contributed by atoms with van der Waals surface area (Å²) in [6.07, 6.45) is 3.14. The molecule has 1 saturated carbocycles. The third-order valence-corrected chi connectivity index (χ3v) is 2.83. The summed E-state index contributed by atoms with van der Waals surface area (Å²) in [7, 11) is 0. The van der Waals surface area contributed by atoms with Crippen LogP contribution in [0.3, 0.4) is 0 Å². The van der Waals surface area contributed by atoms with E-state index in [1.807, 2.05) is 19.9 Å². The minimum absolute atomic E-state index is 0.0649. The number of aromatic nitrogens is 2. The van der Waals surface area contributed by atoms with E-state index < -0.39 is 0 Å². The molecule has 0 bridgehead atoms. The lowest BCUT2D eigenvalue weighted by atomic mass is 9.85. The number of hydrogen-bond donors (Lipinski definition) is 2. The molecule has 1 amide bonds. The lowest BCUT2D eigenvalue weighted by Crippen LogP contribution is -2.28. The average Bonchev–Trinajstić information content (AvgIpc) is 2.17. The summed E-state index contributed by atoms with van der Waals surface area (Å²) in [5.74, 6) is 1.48. The van der Waals surface area contributed by atoms with Gasteiger partial charge in [0, 0.05) is 12.0 Å². The lowest BCUT2D eigenvalue weighted by Gasteiger charge is -2.23. The van der Waals surface area contributed by atoms with Crippen LogP contribution in [0.4, 0.5) is 11.6 Å². The smallest absolute Gasteiger partial charge is 0.228 e. The molecule has 5 nitrogen and oxygen atoms in total. The largest absolute Gasteiger partial charge is 0.366 e. The molecular weight excluding hydrogens is 216 g/mol. The van der Waals surface area contributed by atoms with Crippen molar-refractivity contribution in [1.82, 2.24) is 10.2 Å². The molecule has 17 heavy (non-hydrogen) atoms. The third-order valence-electron chi connectivity index (χ3n) is 2.83. The lowest BCUT2D eigenvalue weighted by molar-refractivity contribution is -0.122. The molecule has 0 unspecified atom stereocenters. The number of nitrogens with zero attached hydrogens (tertiary/aromatic N) is 2. The van der Waals surface area contributed by atoms with Crippen LogP contribution in [0.25, 0.3) is 0 Å². The molecule has 2 N–H and O–H groups in total. The zero-order valence-corrected chi connectivity index (χ0v) is 10.2. The fourth-order valence-corrected chi connectivity index (χ4v) is 1.67. The number of nitrogens with one attached hydrogen (secondary N) is 2. The first kappa shape index (κ1) is 11.8. The van der Waals surface area contributed by atoms with Crippen molar-refractivity contribution in [3.63, 3.8) is 0 Å². The van der Waals surface area contributed by atoms with Crippen LogP contribution >= 0.6 is 0 Å². The zero-order chi connectivity index (χ0) is 12.3. The summed E-state index contributed by atoms with van der Waals surface area (Å²) in [6.45, 7) is 4.07. The van der Waals surface area contributed by atoms with Gasteiger partial charge in [0.1, 0.15) is 5.82 Å². The molecule has 0 spiro atoms. The molecule has 0 atom stereocenters. The third kappa shape index (κ3) is 3.15. The van der Waals surface area contributed by atoms with E-state index in [2.05, 4.69) is 20.8 Å². The highest BCUT2D eigenvalue weighted by molar-refractivity contribution is 5.92. The van der Waals surface area contributed by atoms with E-state index in [9.17, 15) is 4.79 Å². The molecule has 0 saturated heterocycles. The first-order chi connectivity index (χ1) is 8.15. The topological polar surface area (TPSA) is 66.9 Å². The maximum atomic E-state index is 11.7. The number of rotatable bonds is 4. The van der Waals surface area contributed by atoms with Gasteiger partial charge in [0.15, 0.2) is 5.82 Å². The van der Waals surface area contributed by atoms with Gasteiger partial charge in [-0.25, -0.2) is 0 Å². The molecule has 5 heteroatoms. The van der Waals surface area contributed by atoms with Gasteiger partial charge < -0.3 is 10.6 Å². The second kappa shape index (κ2) is 5.12. The number of anilines is 2. The van der Waals surface area contributed by atoms with Gasteiger partial charge in [0.25, 0.3) is 0 Å². The first-order valence-corrected chi connectivity index (χ1v) is 6.06. The van der Waals surface area contributed by atoms with Crippen LogP contribution in [-0.2, 0) is 4.79 Å². The highest BCUT2D eigenvalue weighted by Crippen LogP contribution is 2.27. The second-order valence-corrected chi connectivity index (χ2v) is 4.72. The Bertz CT molecular complexity index is 384. The monoisotopic (exact) mass is 234 g/mol. The Hall–Kier alpha value is -1.65. The van der Waals surface area contributed by atoms with E-state index in [-0.39, 0.29) is 11.8 Å². The van der Waals surface area contributed by atoms with Gasteiger partial charge in [-0.15, -0.1) is 10.2 Å². The molecule has 0 radical (unpaired) electrons. The Morgan fingerprint density at radius 3 is 2.41 bits per heavy atom. The maximum Gasteiger partial charge on any atom is 0.228 e. The summed E-state index contributed by atoms with van der Waals surface area (Å²) in [5.41, 5.74) is 0. The molecule has 1 aliphatic carbocycles. The molecule has 0 aliphatic heterocycles. The molecule has 1 heterocycles. The standard InChI is InChI=1S/C12H18N4O/c1-8(2)13-10-6-7-11(16-15-10)14-12(17)9-4-3-5-9/h6-9H,3-5H2,1-2H3,(H,13,15)(H,14,16,17). The maximum absolute atomic E-state index is 11.7. The predicted molar refractivity (Wildman–Crippen MR) is 66.8 cm³/mol. The fraction of sp³-hybridized carbons (Fsp3) is 0.583. The minimum atomic E-state index is 0.0649. The normalized spacial score (nSPS) is 15.5. The SMILES string of the molecule is CC(C)Nc1ccc(NC(=O)C2CCC2)nn1. The van der Waals surface area contributed by atoms with Gasteiger partial charge in [-0.2, -0.15) is 0 Å². The van der Waals surface area contributed by atoms with E-state index in [0.717, 1.165) is 25.1 Å². The first-order valence-electron chi connectivity index (χ1n) is 6.06. The molecule has 1 aromatic rings. The summed E-state index contributed by atoms with van der Waals surface area (Å²) >= 11 is 0. The van der Waals surface area contributed by atoms with Crippen molar-refractivity contribution in [2.45, 2.75) is 39.2 Å². The van der Waals surface area contributed by atoms with Crippen LogP contribution in [0, 0.1) is 5.92 Å². The van der Waals surface area contributed by atoms with E-state index in [0.29, 0.717) is 11.9 Å². The van der Waals surface area contributed by atoms with E-state index in [1.54, 1.807) is 6.07 Å². The minimum Gasteiger partial charge on any atom is -0.366 e. The second-order valence-electron chi connectivity index (χ2n) is 4.72. The van der Waals surface area contributed by atoms with Crippen LogP contribution in [-0.4, -0.2) is 22.1 Å². The highest BCUT2D eigenvalue weighted by atomic mass is 16.2. The Morgan fingerprint density at radius 1 is 1.29 bits per heavy atom. The highest BCUT2D eigenvalue weighted by Gasteiger charge is 2.25. The van der Waals surface area contributed by atoms with Crippen LogP contribution in [0.15, 0.2) is 12.1 Å². The van der Waals surface area contributed by atoms with Gasteiger partial charge in [-0.1, -0.05) is 6.42 Å². The van der Waals surface area contributed by atoms with Gasteiger partial charge >= 0.3 is 0 Å². The number of hydrogen-bond acceptors (Lipinski definition) is 4.